The van der Waals surface area contributed by atoms with Crippen LogP contribution in [0.3, 0.4) is 0 Å². The van der Waals surface area contributed by atoms with E-state index >= 15 is 0 Å². The molecule has 2 fully saturated rings. The van der Waals surface area contributed by atoms with Gasteiger partial charge < -0.3 is 15.5 Å². The number of piperidine rings is 2. The summed E-state index contributed by atoms with van der Waals surface area (Å²) in [6.45, 7) is 6.29. The molecule has 28 heavy (non-hydrogen) atoms. The van der Waals surface area contributed by atoms with Gasteiger partial charge in [-0.1, -0.05) is 18.6 Å². The number of aliphatic imine (C=N–C) groups is 1. The lowest BCUT2D eigenvalue weighted by molar-refractivity contribution is 0.0173. The zero-order valence-electron chi connectivity index (χ0n) is 17.2. The Hall–Kier alpha value is -0.930. The van der Waals surface area contributed by atoms with Crippen LogP contribution < -0.4 is 10.6 Å². The minimum Gasteiger partial charge on any atom is -0.355 e. The lowest BCUT2D eigenvalue weighted by Crippen LogP contribution is -2.62. The van der Waals surface area contributed by atoms with Gasteiger partial charge in [0.25, 0.3) is 0 Å². The number of likely N-dealkylation sites (tertiary alicyclic amines) is 2. The molecule has 3 rings (SSSR count). The molecule has 0 saturated carbocycles. The number of hydrogen-bond acceptors (Lipinski definition) is 3. The topological polar surface area (TPSA) is 42.9 Å². The predicted octanol–water partition coefficient (Wildman–Crippen LogP) is 3.06. The lowest BCUT2D eigenvalue weighted by Gasteiger charge is -2.50. The van der Waals surface area contributed by atoms with Gasteiger partial charge in [-0.25, -0.2) is 4.39 Å². The third kappa shape index (κ3) is 6.29. The minimum absolute atomic E-state index is 0. The summed E-state index contributed by atoms with van der Waals surface area (Å²) in [5.74, 6) is 0.613. The van der Waals surface area contributed by atoms with Gasteiger partial charge in [-0.15, -0.1) is 24.0 Å². The van der Waals surface area contributed by atoms with E-state index in [1.54, 1.807) is 0 Å². The van der Waals surface area contributed by atoms with E-state index in [4.69, 9.17) is 0 Å². The second-order valence-electron chi connectivity index (χ2n) is 7.98. The summed E-state index contributed by atoms with van der Waals surface area (Å²) in [6.07, 6.45) is 6.39. The van der Waals surface area contributed by atoms with Crippen LogP contribution in [0.15, 0.2) is 29.3 Å². The molecule has 2 N–H and O–H groups in total. The summed E-state index contributed by atoms with van der Waals surface area (Å²) in [7, 11) is 4.03. The maximum absolute atomic E-state index is 13.1. The molecule has 0 unspecified atom stereocenters. The van der Waals surface area contributed by atoms with Gasteiger partial charge in [0.1, 0.15) is 5.82 Å². The van der Waals surface area contributed by atoms with E-state index in [0.717, 1.165) is 31.2 Å². The van der Waals surface area contributed by atoms with Crippen molar-refractivity contribution < 1.29 is 4.39 Å². The van der Waals surface area contributed by atoms with Crippen LogP contribution in [0.1, 0.15) is 37.7 Å². The average molecular weight is 503 g/mol. The Kier molecular flexibility index (Phi) is 9.43. The summed E-state index contributed by atoms with van der Waals surface area (Å²) in [4.78, 5) is 9.55. The van der Waals surface area contributed by atoms with Gasteiger partial charge in [0.2, 0.25) is 0 Å². The highest BCUT2D eigenvalue weighted by Crippen LogP contribution is 2.30. The van der Waals surface area contributed by atoms with Crippen LogP contribution in [0.25, 0.3) is 0 Å². The van der Waals surface area contributed by atoms with E-state index in [-0.39, 0.29) is 35.3 Å². The smallest absolute Gasteiger partial charge is 0.191 e. The molecule has 0 radical (unpaired) electrons. The van der Waals surface area contributed by atoms with Crippen molar-refractivity contribution in [1.82, 2.24) is 20.4 Å². The first-order chi connectivity index (χ1) is 13.1. The fraction of sp³-hybridized carbons (Fsp3) is 0.667. The Balaban J connectivity index is 0.00000280. The van der Waals surface area contributed by atoms with Crippen molar-refractivity contribution in [2.24, 2.45) is 4.99 Å². The Labute approximate surface area is 186 Å². The molecule has 2 saturated heterocycles. The van der Waals surface area contributed by atoms with Crippen molar-refractivity contribution in [1.29, 1.82) is 0 Å². The number of guanidine groups is 1. The van der Waals surface area contributed by atoms with E-state index in [1.807, 2.05) is 19.2 Å². The zero-order chi connectivity index (χ0) is 19.1. The first kappa shape index (κ1) is 23.3. The molecule has 1 aromatic rings. The third-order valence-corrected chi connectivity index (χ3v) is 6.13. The van der Waals surface area contributed by atoms with Gasteiger partial charge >= 0.3 is 0 Å². The molecule has 0 amide bonds. The van der Waals surface area contributed by atoms with Crippen LogP contribution in [-0.2, 0) is 6.54 Å². The molecular formula is C21H35FIN5. The quantitative estimate of drug-likeness (QED) is 0.369. The molecule has 7 heteroatoms. The van der Waals surface area contributed by atoms with Crippen LogP contribution in [0.4, 0.5) is 4.39 Å². The van der Waals surface area contributed by atoms with Crippen LogP contribution in [0.5, 0.6) is 0 Å². The van der Waals surface area contributed by atoms with Crippen molar-refractivity contribution in [3.05, 3.63) is 35.6 Å². The third-order valence-electron chi connectivity index (χ3n) is 6.13. The Bertz CT molecular complexity index is 608. The predicted molar refractivity (Wildman–Crippen MR) is 125 cm³/mol. The minimum atomic E-state index is -0.202. The first-order valence-corrected chi connectivity index (χ1v) is 10.2. The molecule has 0 aromatic heterocycles. The fourth-order valence-corrected chi connectivity index (χ4v) is 4.26. The van der Waals surface area contributed by atoms with E-state index in [9.17, 15) is 4.39 Å². The molecule has 2 aliphatic rings. The van der Waals surface area contributed by atoms with E-state index < -0.39 is 0 Å². The van der Waals surface area contributed by atoms with Crippen molar-refractivity contribution in [2.75, 3.05) is 46.8 Å². The van der Waals surface area contributed by atoms with Gasteiger partial charge in [-0.3, -0.25) is 9.89 Å². The highest BCUT2D eigenvalue weighted by atomic mass is 127. The molecule has 0 aliphatic carbocycles. The van der Waals surface area contributed by atoms with Gasteiger partial charge in [0, 0.05) is 25.7 Å². The van der Waals surface area contributed by atoms with Crippen molar-refractivity contribution in [3.8, 4) is 0 Å². The molecule has 1 aromatic carbocycles. The first-order valence-electron chi connectivity index (χ1n) is 10.2. The summed E-state index contributed by atoms with van der Waals surface area (Å²) in [6, 6.07) is 6.61. The molecular weight excluding hydrogens is 468 g/mol. The average Bonchev–Trinajstić information content (AvgIpc) is 2.71. The van der Waals surface area contributed by atoms with Crippen LogP contribution in [0, 0.1) is 5.82 Å². The van der Waals surface area contributed by atoms with Crippen molar-refractivity contribution in [2.45, 2.75) is 44.2 Å². The highest BCUT2D eigenvalue weighted by Gasteiger charge is 2.39. The van der Waals surface area contributed by atoms with Crippen LogP contribution >= 0.6 is 24.0 Å². The SMILES string of the molecule is CN=C(NCc1ccc(F)cc1)NCC1(N2CCCCC2)CCN(C)CC1.I. The number of halogens is 2. The fourth-order valence-electron chi connectivity index (χ4n) is 4.26. The Morgan fingerprint density at radius 3 is 2.29 bits per heavy atom. The maximum atomic E-state index is 13.1. The van der Waals surface area contributed by atoms with Gasteiger partial charge in [0.05, 0.1) is 0 Å². The standard InChI is InChI=1S/C21H34FN5.HI/c1-23-20(24-16-18-6-8-19(22)9-7-18)25-17-21(10-14-26(2)15-11-21)27-12-4-3-5-13-27;/h6-9H,3-5,10-17H2,1-2H3,(H2,23,24,25);1H. The summed E-state index contributed by atoms with van der Waals surface area (Å²) in [5, 5.41) is 6.94. The Morgan fingerprint density at radius 2 is 1.68 bits per heavy atom. The van der Waals surface area contributed by atoms with Gasteiger partial charge in [-0.05, 0) is 76.6 Å². The second kappa shape index (κ2) is 11.3. The molecule has 158 valence electrons. The largest absolute Gasteiger partial charge is 0.355 e. The summed E-state index contributed by atoms with van der Waals surface area (Å²) < 4.78 is 13.1. The number of rotatable bonds is 5. The molecule has 2 heterocycles. The van der Waals surface area contributed by atoms with Crippen LogP contribution in [0.2, 0.25) is 0 Å². The molecule has 5 nitrogen and oxygen atoms in total. The van der Waals surface area contributed by atoms with E-state index in [0.29, 0.717) is 6.54 Å². The molecule has 2 aliphatic heterocycles. The monoisotopic (exact) mass is 503 g/mol. The number of nitrogens with zero attached hydrogens (tertiary/aromatic N) is 3. The molecule has 0 bridgehead atoms. The highest BCUT2D eigenvalue weighted by molar-refractivity contribution is 14.0. The normalized spacial score (nSPS) is 21.0. The van der Waals surface area contributed by atoms with Crippen molar-refractivity contribution >= 4 is 29.9 Å². The number of nitrogens with one attached hydrogen (secondary N) is 2. The second-order valence-corrected chi connectivity index (χ2v) is 7.98. The van der Waals surface area contributed by atoms with Gasteiger partial charge in [0.15, 0.2) is 5.96 Å². The van der Waals surface area contributed by atoms with E-state index in [1.165, 1.54) is 57.3 Å². The summed E-state index contributed by atoms with van der Waals surface area (Å²) in [5.41, 5.74) is 1.27. The summed E-state index contributed by atoms with van der Waals surface area (Å²) >= 11 is 0. The molecule has 0 spiro atoms. The Morgan fingerprint density at radius 1 is 1.04 bits per heavy atom. The zero-order valence-corrected chi connectivity index (χ0v) is 19.5. The van der Waals surface area contributed by atoms with E-state index in [2.05, 4.69) is 32.5 Å². The van der Waals surface area contributed by atoms with Crippen molar-refractivity contribution in [3.63, 3.8) is 0 Å². The number of hydrogen-bond donors (Lipinski definition) is 2. The number of benzene rings is 1. The van der Waals surface area contributed by atoms with Crippen LogP contribution in [-0.4, -0.2) is 68.1 Å². The molecule has 0 atom stereocenters. The maximum Gasteiger partial charge on any atom is 0.191 e. The lowest BCUT2D eigenvalue weighted by atomic mass is 9.84. The van der Waals surface area contributed by atoms with Gasteiger partial charge in [-0.2, -0.15) is 0 Å².